The molecule has 0 spiro atoms. The van der Waals surface area contributed by atoms with Crippen molar-refractivity contribution in [2.75, 3.05) is 14.1 Å². The van der Waals surface area contributed by atoms with E-state index in [1.54, 1.807) is 19.0 Å². The first kappa shape index (κ1) is 14.1. The van der Waals surface area contributed by atoms with Gasteiger partial charge in [-0.15, -0.1) is 0 Å². The van der Waals surface area contributed by atoms with Crippen LogP contribution in [0.1, 0.15) is 31.9 Å². The number of benzene rings is 1. The fourth-order valence-corrected chi connectivity index (χ4v) is 2.49. The van der Waals surface area contributed by atoms with Gasteiger partial charge in [-0.1, -0.05) is 38.5 Å². The largest absolute Gasteiger partial charge is 0.339 e. The Morgan fingerprint density at radius 2 is 1.82 bits per heavy atom. The van der Waals surface area contributed by atoms with Gasteiger partial charge in [0.05, 0.1) is 0 Å². The quantitative estimate of drug-likeness (QED) is 0.701. The summed E-state index contributed by atoms with van der Waals surface area (Å²) >= 11 is 1.30. The van der Waals surface area contributed by atoms with Crippen molar-refractivity contribution >= 4 is 17.0 Å². The maximum absolute atomic E-state index is 11.8. The van der Waals surface area contributed by atoms with E-state index < -0.39 is 0 Å². The number of thioether (sulfide) groups is 1. The minimum absolute atomic E-state index is 0.0565. The van der Waals surface area contributed by atoms with Gasteiger partial charge in [0.1, 0.15) is 0 Å². The Morgan fingerprint density at radius 3 is 2.29 bits per heavy atom. The van der Waals surface area contributed by atoms with E-state index in [9.17, 15) is 4.79 Å². The molecule has 1 amide bonds. The van der Waals surface area contributed by atoms with E-state index in [-0.39, 0.29) is 10.7 Å². The Balaban J connectivity index is 3.12. The van der Waals surface area contributed by atoms with Gasteiger partial charge in [-0.3, -0.25) is 4.79 Å². The molecular weight excluding hydrogens is 230 g/mol. The topological polar surface area (TPSA) is 20.3 Å². The lowest BCUT2D eigenvalue weighted by molar-refractivity contribution is 0.241. The molecule has 0 aliphatic carbocycles. The molecule has 0 radical (unpaired) electrons. The van der Waals surface area contributed by atoms with E-state index in [0.717, 1.165) is 4.90 Å². The second kappa shape index (κ2) is 5.13. The first-order chi connectivity index (χ1) is 7.71. The van der Waals surface area contributed by atoms with Gasteiger partial charge in [0.2, 0.25) is 0 Å². The summed E-state index contributed by atoms with van der Waals surface area (Å²) in [6.45, 7) is 8.60. The number of rotatable bonds is 1. The minimum atomic E-state index is 0.0565. The Kier molecular flexibility index (Phi) is 4.26. The molecule has 2 nitrogen and oxygen atoms in total. The number of hydrogen-bond donors (Lipinski definition) is 0. The third-order valence-corrected chi connectivity index (χ3v) is 3.62. The Morgan fingerprint density at radius 1 is 1.24 bits per heavy atom. The summed E-state index contributed by atoms with van der Waals surface area (Å²) in [6, 6.07) is 6.27. The average molecular weight is 251 g/mol. The summed E-state index contributed by atoms with van der Waals surface area (Å²) in [4.78, 5) is 14.4. The lowest BCUT2D eigenvalue weighted by Crippen LogP contribution is -2.18. The van der Waals surface area contributed by atoms with Crippen molar-refractivity contribution in [1.29, 1.82) is 0 Å². The van der Waals surface area contributed by atoms with Crippen molar-refractivity contribution in [2.24, 2.45) is 0 Å². The molecule has 0 N–H and O–H groups in total. The van der Waals surface area contributed by atoms with Gasteiger partial charge in [-0.25, -0.2) is 0 Å². The van der Waals surface area contributed by atoms with Crippen LogP contribution in [0.4, 0.5) is 4.79 Å². The van der Waals surface area contributed by atoms with Gasteiger partial charge in [-0.2, -0.15) is 0 Å². The smallest absolute Gasteiger partial charge is 0.285 e. The van der Waals surface area contributed by atoms with Crippen LogP contribution in [-0.4, -0.2) is 24.2 Å². The van der Waals surface area contributed by atoms with E-state index in [4.69, 9.17) is 0 Å². The van der Waals surface area contributed by atoms with E-state index >= 15 is 0 Å². The Bertz CT molecular complexity index is 419. The van der Waals surface area contributed by atoms with Crippen molar-refractivity contribution in [3.05, 3.63) is 29.3 Å². The van der Waals surface area contributed by atoms with E-state index in [1.165, 1.54) is 22.9 Å². The highest BCUT2D eigenvalue weighted by molar-refractivity contribution is 8.13. The molecule has 0 heterocycles. The van der Waals surface area contributed by atoms with Crippen LogP contribution in [0.2, 0.25) is 0 Å². The van der Waals surface area contributed by atoms with E-state index in [2.05, 4.69) is 39.8 Å². The van der Waals surface area contributed by atoms with Crippen LogP contribution in [0.15, 0.2) is 23.1 Å². The molecule has 0 aliphatic heterocycles. The molecule has 0 fully saturated rings. The maximum Gasteiger partial charge on any atom is 0.285 e. The predicted molar refractivity (Wildman–Crippen MR) is 74.8 cm³/mol. The highest BCUT2D eigenvalue weighted by Crippen LogP contribution is 2.34. The summed E-state index contributed by atoms with van der Waals surface area (Å²) in [7, 11) is 3.56. The van der Waals surface area contributed by atoms with Crippen molar-refractivity contribution in [2.45, 2.75) is 38.0 Å². The normalized spacial score (nSPS) is 11.4. The van der Waals surface area contributed by atoms with Crippen molar-refractivity contribution in [3.8, 4) is 0 Å². The molecule has 0 saturated carbocycles. The van der Waals surface area contributed by atoms with Gasteiger partial charge >= 0.3 is 0 Å². The van der Waals surface area contributed by atoms with Crippen LogP contribution in [0, 0.1) is 6.92 Å². The zero-order valence-corrected chi connectivity index (χ0v) is 12.3. The molecule has 0 atom stereocenters. The third-order valence-electron chi connectivity index (χ3n) is 2.51. The third kappa shape index (κ3) is 3.77. The molecular formula is C14H21NOS. The molecule has 0 aliphatic rings. The first-order valence-electron chi connectivity index (χ1n) is 5.72. The zero-order chi connectivity index (χ0) is 13.2. The summed E-state index contributed by atoms with van der Waals surface area (Å²) in [5.74, 6) is 0. The monoisotopic (exact) mass is 251 g/mol. The number of aryl methyl sites for hydroxylation is 1. The first-order valence-corrected chi connectivity index (χ1v) is 6.53. The van der Waals surface area contributed by atoms with Crippen molar-refractivity contribution < 1.29 is 4.79 Å². The zero-order valence-electron chi connectivity index (χ0n) is 11.5. The van der Waals surface area contributed by atoms with Crippen LogP contribution in [0.3, 0.4) is 0 Å². The maximum atomic E-state index is 11.8. The Hall–Kier alpha value is -0.960. The average Bonchev–Trinajstić information content (AvgIpc) is 2.18. The lowest BCUT2D eigenvalue weighted by atomic mass is 9.86. The standard InChI is InChI=1S/C14H21NOS/c1-10-7-8-12(17-13(16)15(5)6)11(9-10)14(2,3)4/h7-9H,1-6H3. The fraction of sp³-hybridized carbons (Fsp3) is 0.500. The van der Waals surface area contributed by atoms with E-state index in [0.29, 0.717) is 0 Å². The van der Waals surface area contributed by atoms with E-state index in [1.807, 2.05) is 6.07 Å². The molecule has 0 bridgehead atoms. The molecule has 1 aromatic rings. The number of hydrogen-bond acceptors (Lipinski definition) is 2. The Labute approximate surface area is 108 Å². The molecule has 1 aromatic carbocycles. The van der Waals surface area contributed by atoms with Gasteiger partial charge in [0.15, 0.2) is 0 Å². The number of amides is 1. The number of carbonyl (C=O) groups excluding carboxylic acids is 1. The molecule has 17 heavy (non-hydrogen) atoms. The molecule has 3 heteroatoms. The van der Waals surface area contributed by atoms with Crippen molar-refractivity contribution in [1.82, 2.24) is 4.90 Å². The summed E-state index contributed by atoms with van der Waals surface area (Å²) in [6.07, 6.45) is 0. The second-order valence-electron chi connectivity index (χ2n) is 5.51. The number of nitrogens with zero attached hydrogens (tertiary/aromatic N) is 1. The summed E-state index contributed by atoms with van der Waals surface area (Å²) in [5, 5.41) is 0.0688. The van der Waals surface area contributed by atoms with Gasteiger partial charge in [0.25, 0.3) is 5.24 Å². The molecule has 1 rings (SSSR count). The van der Waals surface area contributed by atoms with Crippen LogP contribution in [0.25, 0.3) is 0 Å². The highest BCUT2D eigenvalue weighted by atomic mass is 32.2. The molecule has 0 saturated heterocycles. The van der Waals surface area contributed by atoms with Crippen LogP contribution < -0.4 is 0 Å². The fourth-order valence-electron chi connectivity index (χ4n) is 1.50. The van der Waals surface area contributed by atoms with Crippen LogP contribution in [-0.2, 0) is 5.41 Å². The lowest BCUT2D eigenvalue weighted by Gasteiger charge is -2.23. The summed E-state index contributed by atoms with van der Waals surface area (Å²) < 4.78 is 0. The predicted octanol–water partition coefficient (Wildman–Crippen LogP) is 4.07. The SMILES string of the molecule is Cc1ccc(SC(=O)N(C)C)c(C(C)(C)C)c1. The molecule has 0 unspecified atom stereocenters. The molecule has 94 valence electrons. The van der Waals surface area contributed by atoms with Crippen LogP contribution >= 0.6 is 11.8 Å². The van der Waals surface area contributed by atoms with Crippen LogP contribution in [0.5, 0.6) is 0 Å². The highest BCUT2D eigenvalue weighted by Gasteiger charge is 2.20. The van der Waals surface area contributed by atoms with Crippen molar-refractivity contribution in [3.63, 3.8) is 0 Å². The van der Waals surface area contributed by atoms with Gasteiger partial charge in [0, 0.05) is 19.0 Å². The second-order valence-corrected chi connectivity index (χ2v) is 6.51. The summed E-state index contributed by atoms with van der Waals surface area (Å²) in [5.41, 5.74) is 2.52. The van der Waals surface area contributed by atoms with Gasteiger partial charge < -0.3 is 4.90 Å². The van der Waals surface area contributed by atoms with Gasteiger partial charge in [-0.05, 0) is 35.7 Å². The minimum Gasteiger partial charge on any atom is -0.339 e. The molecule has 0 aromatic heterocycles. The number of carbonyl (C=O) groups is 1.